The molecule has 6 nitrogen and oxygen atoms in total. The number of anilines is 1. The average Bonchev–Trinajstić information content (AvgIpc) is 2.37. The van der Waals surface area contributed by atoms with Gasteiger partial charge in [0.2, 0.25) is 0 Å². The lowest BCUT2D eigenvalue weighted by Crippen LogP contribution is -2.35. The number of nitrogens with one attached hydrogen (secondary N) is 1. The summed E-state index contributed by atoms with van der Waals surface area (Å²) in [6.45, 7) is 5.97. The Labute approximate surface area is 118 Å². The van der Waals surface area contributed by atoms with Crippen LogP contribution in [0.15, 0.2) is 18.2 Å². The third-order valence-corrected chi connectivity index (χ3v) is 3.15. The Bertz CT molecular complexity index is 494. The van der Waals surface area contributed by atoms with Crippen molar-refractivity contribution in [3.63, 3.8) is 0 Å². The van der Waals surface area contributed by atoms with E-state index >= 15 is 0 Å². The molecule has 110 valence electrons. The summed E-state index contributed by atoms with van der Waals surface area (Å²) in [6.07, 6.45) is 1.06. The standard InChI is InChI=1S/C14H20N2O4/c1-14(2,3)13(6-7-17)15-11-5-4-10(9-18)8-12(11)16(19)20/h4-5,8-9,13,15,17H,6-7H2,1-3H3. The van der Waals surface area contributed by atoms with E-state index in [1.54, 1.807) is 0 Å². The van der Waals surface area contributed by atoms with Crippen LogP contribution >= 0.6 is 0 Å². The molecule has 1 aromatic carbocycles. The topological polar surface area (TPSA) is 92.5 Å². The summed E-state index contributed by atoms with van der Waals surface area (Å²) in [5.74, 6) is 0. The molecule has 0 spiro atoms. The molecule has 2 N–H and O–H groups in total. The van der Waals surface area contributed by atoms with E-state index < -0.39 is 4.92 Å². The minimum Gasteiger partial charge on any atom is -0.396 e. The first-order chi connectivity index (χ1) is 9.29. The molecular formula is C14H20N2O4. The van der Waals surface area contributed by atoms with E-state index in [4.69, 9.17) is 5.11 Å². The number of hydrogen-bond acceptors (Lipinski definition) is 5. The maximum absolute atomic E-state index is 11.1. The zero-order valence-electron chi connectivity index (χ0n) is 11.9. The molecule has 1 atom stereocenters. The van der Waals surface area contributed by atoms with E-state index in [1.165, 1.54) is 18.2 Å². The molecule has 0 saturated carbocycles. The number of aliphatic hydroxyl groups is 1. The van der Waals surface area contributed by atoms with Gasteiger partial charge in [-0.05, 0) is 24.0 Å². The molecule has 0 aliphatic carbocycles. The maximum Gasteiger partial charge on any atom is 0.293 e. The summed E-state index contributed by atoms with van der Waals surface area (Å²) in [7, 11) is 0. The Morgan fingerprint density at radius 1 is 1.45 bits per heavy atom. The number of nitrogens with zero attached hydrogens (tertiary/aromatic N) is 1. The predicted molar refractivity (Wildman–Crippen MR) is 77.1 cm³/mol. The van der Waals surface area contributed by atoms with Crippen molar-refractivity contribution in [3.8, 4) is 0 Å². The predicted octanol–water partition coefficient (Wildman–Crippen LogP) is 2.62. The molecule has 1 unspecified atom stereocenters. The SMILES string of the molecule is CC(C)(C)C(CCO)Nc1ccc(C=O)cc1[N+](=O)[O-]. The van der Waals surface area contributed by atoms with E-state index in [-0.39, 0.29) is 29.3 Å². The van der Waals surface area contributed by atoms with Gasteiger partial charge in [-0.3, -0.25) is 14.9 Å². The molecule has 0 radical (unpaired) electrons. The van der Waals surface area contributed by atoms with Crippen molar-refractivity contribution < 1.29 is 14.8 Å². The van der Waals surface area contributed by atoms with Crippen molar-refractivity contribution in [1.29, 1.82) is 0 Å². The molecule has 0 aromatic heterocycles. The highest BCUT2D eigenvalue weighted by molar-refractivity contribution is 5.79. The van der Waals surface area contributed by atoms with Crippen LogP contribution in [0.4, 0.5) is 11.4 Å². The van der Waals surface area contributed by atoms with Crippen molar-refractivity contribution in [1.82, 2.24) is 0 Å². The Kier molecular flexibility index (Phi) is 5.21. The Hall–Kier alpha value is -1.95. The molecule has 0 bridgehead atoms. The first-order valence-electron chi connectivity index (χ1n) is 6.40. The molecule has 0 amide bonds. The first kappa shape index (κ1) is 16.1. The normalized spacial score (nSPS) is 12.8. The fourth-order valence-corrected chi connectivity index (χ4v) is 1.93. The number of hydrogen-bond donors (Lipinski definition) is 2. The molecule has 6 heteroatoms. The van der Waals surface area contributed by atoms with Crippen LogP contribution in [0.2, 0.25) is 0 Å². The second-order valence-electron chi connectivity index (χ2n) is 5.73. The second-order valence-corrected chi connectivity index (χ2v) is 5.73. The van der Waals surface area contributed by atoms with Gasteiger partial charge in [-0.2, -0.15) is 0 Å². The largest absolute Gasteiger partial charge is 0.396 e. The third-order valence-electron chi connectivity index (χ3n) is 3.15. The smallest absolute Gasteiger partial charge is 0.293 e. The van der Waals surface area contributed by atoms with Crippen LogP contribution in [0.3, 0.4) is 0 Å². The van der Waals surface area contributed by atoms with E-state index in [2.05, 4.69) is 5.32 Å². The summed E-state index contributed by atoms with van der Waals surface area (Å²) < 4.78 is 0. The fraction of sp³-hybridized carbons (Fsp3) is 0.500. The molecular weight excluding hydrogens is 260 g/mol. The highest BCUT2D eigenvalue weighted by Crippen LogP contribution is 2.31. The lowest BCUT2D eigenvalue weighted by molar-refractivity contribution is -0.384. The van der Waals surface area contributed by atoms with Gasteiger partial charge in [0.25, 0.3) is 5.69 Å². The van der Waals surface area contributed by atoms with Crippen LogP contribution in [-0.2, 0) is 0 Å². The lowest BCUT2D eigenvalue weighted by atomic mass is 9.84. The first-order valence-corrected chi connectivity index (χ1v) is 6.40. The maximum atomic E-state index is 11.1. The van der Waals surface area contributed by atoms with Crippen LogP contribution in [-0.4, -0.2) is 29.0 Å². The molecule has 1 aromatic rings. The Morgan fingerprint density at radius 2 is 2.10 bits per heavy atom. The zero-order valence-corrected chi connectivity index (χ0v) is 11.9. The summed E-state index contributed by atoms with van der Waals surface area (Å²) >= 11 is 0. The number of carbonyl (C=O) groups excluding carboxylic acids is 1. The molecule has 0 heterocycles. The molecule has 0 fully saturated rings. The van der Waals surface area contributed by atoms with Crippen LogP contribution in [0.5, 0.6) is 0 Å². The van der Waals surface area contributed by atoms with E-state index in [9.17, 15) is 14.9 Å². The van der Waals surface area contributed by atoms with E-state index in [1.807, 2.05) is 20.8 Å². The number of aldehydes is 1. The van der Waals surface area contributed by atoms with Gasteiger partial charge < -0.3 is 10.4 Å². The molecule has 0 aliphatic rings. The summed E-state index contributed by atoms with van der Waals surface area (Å²) in [5, 5.41) is 23.3. The summed E-state index contributed by atoms with van der Waals surface area (Å²) in [4.78, 5) is 21.3. The molecule has 1 rings (SSSR count). The number of nitro benzene ring substituents is 1. The number of aliphatic hydroxyl groups excluding tert-OH is 1. The molecule has 20 heavy (non-hydrogen) atoms. The van der Waals surface area contributed by atoms with Gasteiger partial charge in [-0.1, -0.05) is 20.8 Å². The molecule has 0 aliphatic heterocycles. The van der Waals surface area contributed by atoms with E-state index in [0.29, 0.717) is 18.4 Å². The van der Waals surface area contributed by atoms with Gasteiger partial charge in [0.1, 0.15) is 12.0 Å². The Balaban J connectivity index is 3.12. The minimum atomic E-state index is -0.520. The van der Waals surface area contributed by atoms with E-state index in [0.717, 1.165) is 0 Å². The summed E-state index contributed by atoms with van der Waals surface area (Å²) in [5.41, 5.74) is 0.312. The van der Waals surface area contributed by atoms with Crippen molar-refractivity contribution in [2.24, 2.45) is 5.41 Å². The highest BCUT2D eigenvalue weighted by Gasteiger charge is 2.26. The average molecular weight is 280 g/mol. The van der Waals surface area contributed by atoms with Crippen molar-refractivity contribution in [2.75, 3.05) is 11.9 Å². The molecule has 0 saturated heterocycles. The monoisotopic (exact) mass is 280 g/mol. The third kappa shape index (κ3) is 4.03. The van der Waals surface area contributed by atoms with Crippen molar-refractivity contribution in [2.45, 2.75) is 33.2 Å². The quantitative estimate of drug-likeness (QED) is 0.474. The van der Waals surface area contributed by atoms with Crippen LogP contribution < -0.4 is 5.32 Å². The van der Waals surface area contributed by atoms with Gasteiger partial charge in [-0.15, -0.1) is 0 Å². The Morgan fingerprint density at radius 3 is 2.55 bits per heavy atom. The number of rotatable bonds is 6. The van der Waals surface area contributed by atoms with Crippen LogP contribution in [0.1, 0.15) is 37.6 Å². The number of carbonyl (C=O) groups is 1. The number of nitro groups is 1. The minimum absolute atomic E-state index is 0.00481. The van der Waals surface area contributed by atoms with Gasteiger partial charge in [0.15, 0.2) is 0 Å². The number of benzene rings is 1. The summed E-state index contributed by atoms with van der Waals surface area (Å²) in [6, 6.07) is 4.18. The van der Waals surface area contributed by atoms with Crippen molar-refractivity contribution >= 4 is 17.7 Å². The van der Waals surface area contributed by atoms with Gasteiger partial charge in [0.05, 0.1) is 4.92 Å². The van der Waals surface area contributed by atoms with Gasteiger partial charge >= 0.3 is 0 Å². The lowest BCUT2D eigenvalue weighted by Gasteiger charge is -2.31. The van der Waals surface area contributed by atoms with Gasteiger partial charge in [0, 0.05) is 24.3 Å². The van der Waals surface area contributed by atoms with Crippen molar-refractivity contribution in [3.05, 3.63) is 33.9 Å². The fourth-order valence-electron chi connectivity index (χ4n) is 1.93. The zero-order chi connectivity index (χ0) is 15.3. The van der Waals surface area contributed by atoms with Gasteiger partial charge in [-0.25, -0.2) is 0 Å². The highest BCUT2D eigenvalue weighted by atomic mass is 16.6. The second kappa shape index (κ2) is 6.47. The van der Waals surface area contributed by atoms with Crippen LogP contribution in [0, 0.1) is 15.5 Å². The van der Waals surface area contributed by atoms with Crippen LogP contribution in [0.25, 0.3) is 0 Å².